The maximum atomic E-state index is 6.90. The van der Waals surface area contributed by atoms with Gasteiger partial charge in [0.2, 0.25) is 0 Å². The van der Waals surface area contributed by atoms with Gasteiger partial charge >= 0.3 is 0 Å². The van der Waals surface area contributed by atoms with Crippen molar-refractivity contribution in [3.8, 4) is 11.1 Å². The Morgan fingerprint density at radius 2 is 1.40 bits per heavy atom. The molecular weight excluding hydrogens is 464 g/mol. The molecule has 5 aromatic carbocycles. The number of fused-ring (bicyclic) bond motifs is 6. The van der Waals surface area contributed by atoms with Crippen molar-refractivity contribution in [1.82, 2.24) is 0 Å². The van der Waals surface area contributed by atoms with Gasteiger partial charge in [0.25, 0.3) is 0 Å². The van der Waals surface area contributed by atoms with E-state index < -0.39 is 5.41 Å². The van der Waals surface area contributed by atoms with Crippen LogP contribution in [0.3, 0.4) is 0 Å². The first kappa shape index (κ1) is 20.7. The van der Waals surface area contributed by atoms with Crippen LogP contribution >= 0.6 is 22.9 Å². The van der Waals surface area contributed by atoms with Gasteiger partial charge in [-0.1, -0.05) is 109 Å². The second-order valence-electron chi connectivity index (χ2n) is 9.10. The third-order valence-electron chi connectivity index (χ3n) is 7.36. The molecule has 1 unspecified atom stereocenters. The van der Waals surface area contributed by atoms with E-state index in [1.54, 1.807) is 0 Å². The van der Waals surface area contributed by atoms with E-state index in [2.05, 4.69) is 116 Å². The van der Waals surface area contributed by atoms with Crippen LogP contribution in [0.5, 0.6) is 0 Å². The Kier molecular flexibility index (Phi) is 4.54. The first-order valence-corrected chi connectivity index (χ1v) is 12.9. The first-order valence-electron chi connectivity index (χ1n) is 11.8. The Morgan fingerprint density at radius 1 is 0.657 bits per heavy atom. The highest BCUT2D eigenvalue weighted by Gasteiger charge is 2.47. The molecule has 1 atom stereocenters. The van der Waals surface area contributed by atoms with Crippen LogP contribution in [0.1, 0.15) is 27.8 Å². The van der Waals surface area contributed by atoms with Crippen LogP contribution in [0.25, 0.3) is 37.4 Å². The van der Waals surface area contributed by atoms with E-state index >= 15 is 0 Å². The first-order chi connectivity index (χ1) is 17.2. The lowest BCUT2D eigenvalue weighted by Crippen LogP contribution is -2.28. The minimum absolute atomic E-state index is 0.475. The lowest BCUT2D eigenvalue weighted by atomic mass is 9.67. The standard InChI is InChI=1S/C33H21ClS/c1-2-21-16-17-29-26(18-21)24-12-6-8-14-28(24)33(29,22-10-4-3-5-11-22)30-20-23(34)19-27-25-13-7-9-15-31(25)35-32(27)30/h2-20H,1H2. The summed E-state index contributed by atoms with van der Waals surface area (Å²) in [6, 6.07) is 39.4. The molecule has 1 aliphatic carbocycles. The lowest BCUT2D eigenvalue weighted by molar-refractivity contribution is 0.778. The van der Waals surface area contributed by atoms with Gasteiger partial charge in [0, 0.05) is 25.2 Å². The second-order valence-corrected chi connectivity index (χ2v) is 10.6. The smallest absolute Gasteiger partial charge is 0.0727 e. The Bertz CT molecular complexity index is 1780. The van der Waals surface area contributed by atoms with Crippen LogP contribution in [-0.2, 0) is 5.41 Å². The van der Waals surface area contributed by atoms with Gasteiger partial charge in [-0.15, -0.1) is 11.3 Å². The van der Waals surface area contributed by atoms with E-state index in [9.17, 15) is 0 Å². The maximum absolute atomic E-state index is 6.90. The Labute approximate surface area is 213 Å². The predicted octanol–water partition coefficient (Wildman–Crippen LogP) is 9.71. The molecule has 1 aliphatic rings. The molecule has 35 heavy (non-hydrogen) atoms. The Balaban J connectivity index is 1.72. The van der Waals surface area contributed by atoms with Crippen molar-refractivity contribution in [2.24, 2.45) is 0 Å². The summed E-state index contributed by atoms with van der Waals surface area (Å²) in [6.45, 7) is 4.03. The van der Waals surface area contributed by atoms with Gasteiger partial charge in [0.15, 0.2) is 0 Å². The fraction of sp³-hybridized carbons (Fsp3) is 0.0303. The number of halogens is 1. The molecule has 0 nitrogen and oxygen atoms in total. The molecule has 0 radical (unpaired) electrons. The van der Waals surface area contributed by atoms with Crippen molar-refractivity contribution >= 4 is 49.2 Å². The van der Waals surface area contributed by atoms with Crippen LogP contribution in [0.2, 0.25) is 5.02 Å². The van der Waals surface area contributed by atoms with Crippen molar-refractivity contribution in [2.45, 2.75) is 5.41 Å². The van der Waals surface area contributed by atoms with Crippen molar-refractivity contribution in [3.63, 3.8) is 0 Å². The van der Waals surface area contributed by atoms with Crippen LogP contribution < -0.4 is 0 Å². The third-order valence-corrected chi connectivity index (χ3v) is 8.80. The van der Waals surface area contributed by atoms with E-state index in [-0.39, 0.29) is 0 Å². The fourth-order valence-corrected chi connectivity index (χ4v) is 7.42. The number of thiophene rings is 1. The SMILES string of the molecule is C=Cc1ccc2c(c1)-c1ccccc1C2(c1ccccc1)c1cc(Cl)cc2c1sc1ccccc12. The van der Waals surface area contributed by atoms with Crippen LogP contribution in [-0.4, -0.2) is 0 Å². The monoisotopic (exact) mass is 484 g/mol. The number of benzene rings is 5. The van der Waals surface area contributed by atoms with Gasteiger partial charge in [0.1, 0.15) is 0 Å². The highest BCUT2D eigenvalue weighted by Crippen LogP contribution is 2.58. The normalized spacial score (nSPS) is 16.4. The van der Waals surface area contributed by atoms with Gasteiger partial charge in [-0.25, -0.2) is 0 Å². The topological polar surface area (TPSA) is 0 Å². The molecule has 166 valence electrons. The highest BCUT2D eigenvalue weighted by molar-refractivity contribution is 7.26. The number of rotatable bonds is 3. The molecule has 0 amide bonds. The van der Waals surface area contributed by atoms with Crippen molar-refractivity contribution in [2.75, 3.05) is 0 Å². The molecule has 0 bridgehead atoms. The molecule has 6 aromatic rings. The summed E-state index contributed by atoms with van der Waals surface area (Å²) in [4.78, 5) is 0. The fourth-order valence-electron chi connectivity index (χ4n) is 5.94. The summed E-state index contributed by atoms with van der Waals surface area (Å²) in [5, 5.41) is 3.24. The average molecular weight is 485 g/mol. The molecular formula is C33H21ClS. The summed E-state index contributed by atoms with van der Waals surface area (Å²) in [7, 11) is 0. The quantitative estimate of drug-likeness (QED) is 0.234. The highest BCUT2D eigenvalue weighted by atomic mass is 35.5. The summed E-state index contributed by atoms with van der Waals surface area (Å²) >= 11 is 8.76. The minimum atomic E-state index is -0.475. The zero-order chi connectivity index (χ0) is 23.6. The average Bonchev–Trinajstić information content (AvgIpc) is 3.42. The van der Waals surface area contributed by atoms with Crippen molar-refractivity contribution in [3.05, 3.63) is 149 Å². The van der Waals surface area contributed by atoms with Gasteiger partial charge in [-0.3, -0.25) is 0 Å². The Hall–Kier alpha value is -3.65. The molecule has 0 aliphatic heterocycles. The third kappa shape index (κ3) is 2.80. The van der Waals surface area contributed by atoms with E-state index in [1.807, 2.05) is 17.4 Å². The van der Waals surface area contributed by atoms with Crippen LogP contribution in [0, 0.1) is 0 Å². The zero-order valence-corrected chi connectivity index (χ0v) is 20.5. The largest absolute Gasteiger partial charge is 0.135 e. The predicted molar refractivity (Wildman–Crippen MR) is 152 cm³/mol. The maximum Gasteiger partial charge on any atom is 0.0727 e. The lowest BCUT2D eigenvalue weighted by Gasteiger charge is -2.34. The minimum Gasteiger partial charge on any atom is -0.135 e. The molecule has 1 heterocycles. The van der Waals surface area contributed by atoms with Gasteiger partial charge in [-0.05, 0) is 63.2 Å². The Morgan fingerprint density at radius 3 is 2.26 bits per heavy atom. The molecule has 2 heteroatoms. The molecule has 1 aromatic heterocycles. The van der Waals surface area contributed by atoms with E-state index in [0.29, 0.717) is 0 Å². The second kappa shape index (κ2) is 7.68. The summed E-state index contributed by atoms with van der Waals surface area (Å²) in [5.74, 6) is 0. The zero-order valence-electron chi connectivity index (χ0n) is 19.0. The number of hydrogen-bond acceptors (Lipinski definition) is 1. The molecule has 0 N–H and O–H groups in total. The van der Waals surface area contributed by atoms with E-state index in [4.69, 9.17) is 11.6 Å². The molecule has 0 saturated carbocycles. The van der Waals surface area contributed by atoms with Gasteiger partial charge in [-0.2, -0.15) is 0 Å². The molecule has 0 spiro atoms. The van der Waals surface area contributed by atoms with Crippen LogP contribution in [0.4, 0.5) is 0 Å². The molecule has 0 saturated heterocycles. The molecule has 0 fully saturated rings. The number of hydrogen-bond donors (Lipinski definition) is 0. The van der Waals surface area contributed by atoms with Crippen molar-refractivity contribution in [1.29, 1.82) is 0 Å². The summed E-state index contributed by atoms with van der Waals surface area (Å²) < 4.78 is 2.57. The summed E-state index contributed by atoms with van der Waals surface area (Å²) in [5.41, 5.74) is 8.25. The van der Waals surface area contributed by atoms with Crippen molar-refractivity contribution < 1.29 is 0 Å². The van der Waals surface area contributed by atoms with Gasteiger partial charge in [0.05, 0.1) is 5.41 Å². The van der Waals surface area contributed by atoms with Gasteiger partial charge < -0.3 is 0 Å². The van der Waals surface area contributed by atoms with E-state index in [1.165, 1.54) is 53.6 Å². The molecule has 7 rings (SSSR count). The van der Waals surface area contributed by atoms with Crippen LogP contribution in [0.15, 0.2) is 116 Å². The summed E-state index contributed by atoms with van der Waals surface area (Å²) in [6.07, 6.45) is 1.93. The van der Waals surface area contributed by atoms with E-state index in [0.717, 1.165) is 10.6 Å².